The molecule has 2 amide bonds. The average Bonchev–Trinajstić information content (AvgIpc) is 2.70. The van der Waals surface area contributed by atoms with E-state index in [0.29, 0.717) is 18.5 Å². The molecule has 156 valence electrons. The van der Waals surface area contributed by atoms with Crippen molar-refractivity contribution in [2.75, 3.05) is 48.8 Å². The zero-order chi connectivity index (χ0) is 21.7. The molecule has 0 aromatic rings. The number of hydrogen-bond acceptors (Lipinski definition) is 7. The number of methoxy groups -OCH3 is 3. The fourth-order valence-corrected chi connectivity index (χ4v) is 1.75. The van der Waals surface area contributed by atoms with E-state index in [1.807, 2.05) is 13.8 Å². The topological polar surface area (TPSA) is 107 Å². The van der Waals surface area contributed by atoms with Crippen LogP contribution in [0.25, 0.3) is 0 Å². The van der Waals surface area contributed by atoms with Gasteiger partial charge in [-0.05, 0) is 5.82 Å². The van der Waals surface area contributed by atoms with E-state index in [-0.39, 0.29) is 18.7 Å². The van der Waals surface area contributed by atoms with Gasteiger partial charge in [0, 0.05) is 47.8 Å². The molecule has 2 atom stereocenters. The summed E-state index contributed by atoms with van der Waals surface area (Å²) in [6, 6.07) is 0. The molecule has 0 fully saturated rings. The number of amides is 2. The summed E-state index contributed by atoms with van der Waals surface area (Å²) in [5.74, 6) is 1.17. The number of carbonyl (C=O) groups is 2. The maximum absolute atomic E-state index is 10.7. The van der Waals surface area contributed by atoms with Crippen molar-refractivity contribution in [3.8, 4) is 0 Å². The van der Waals surface area contributed by atoms with Gasteiger partial charge in [0.25, 0.3) is 0 Å². The molecule has 0 saturated heterocycles. The second-order valence-corrected chi connectivity index (χ2v) is 5.49. The first-order chi connectivity index (χ1) is 12.9. The Balaban J connectivity index is -0.000000391. The molecule has 9 nitrogen and oxygen atoms in total. The highest BCUT2D eigenvalue weighted by atomic mass is 31.2. The SMILES string of the molecule is CC.CNC(=O)/C=C\N(C=O)COC.[B]/C(=C\P(O)OC)C(COC)OC. The number of rotatable bonds is 11. The van der Waals surface area contributed by atoms with Crippen LogP contribution in [0.4, 0.5) is 0 Å². The number of nitrogens with one attached hydrogen (secondary N) is 1. The van der Waals surface area contributed by atoms with Gasteiger partial charge in [-0.25, -0.2) is 0 Å². The summed E-state index contributed by atoms with van der Waals surface area (Å²) in [5.41, 5.74) is 0.416. The standard InChI is InChI=1S/C7H14BO4P.C7H12N2O3.C2H6/c1-10-4-7(11-2)6(8)5-13(9)12-3;1-8-7(11)3-4-9(5-10)6-12-2;1-2/h5,7,9H,4H2,1-3H3;3-5H,6H2,1-2H3,(H,8,11);1-2H3/b6-5-;4-3-;. The van der Waals surface area contributed by atoms with Gasteiger partial charge >= 0.3 is 0 Å². The van der Waals surface area contributed by atoms with Gasteiger partial charge in [0.15, 0.2) is 8.38 Å². The third-order valence-corrected chi connectivity index (χ3v) is 3.39. The van der Waals surface area contributed by atoms with Crippen LogP contribution in [0, 0.1) is 0 Å². The van der Waals surface area contributed by atoms with Crippen molar-refractivity contribution >= 4 is 28.5 Å². The summed E-state index contributed by atoms with van der Waals surface area (Å²) in [6.45, 7) is 4.49. The second kappa shape index (κ2) is 22.8. The molecule has 0 aliphatic carbocycles. The summed E-state index contributed by atoms with van der Waals surface area (Å²) >= 11 is 0. The molecule has 0 saturated carbocycles. The monoisotopic (exact) mass is 406 g/mol. The number of hydrogen-bond donors (Lipinski definition) is 2. The lowest BCUT2D eigenvalue weighted by Crippen LogP contribution is -2.20. The third-order valence-electron chi connectivity index (χ3n) is 2.50. The van der Waals surface area contributed by atoms with Gasteiger partial charge in [-0.2, -0.15) is 0 Å². The van der Waals surface area contributed by atoms with Crippen molar-refractivity contribution in [3.63, 3.8) is 0 Å². The van der Waals surface area contributed by atoms with E-state index in [1.54, 1.807) is 7.11 Å². The Morgan fingerprint density at radius 3 is 2.22 bits per heavy atom. The lowest BCUT2D eigenvalue weighted by atomic mass is 9.92. The van der Waals surface area contributed by atoms with Crippen molar-refractivity contribution < 1.29 is 33.2 Å². The molecule has 0 aliphatic rings. The molecule has 0 aliphatic heterocycles. The summed E-state index contributed by atoms with van der Waals surface area (Å²) in [5, 5.41) is 2.38. The predicted molar refractivity (Wildman–Crippen MR) is 107 cm³/mol. The van der Waals surface area contributed by atoms with Crippen LogP contribution in [0.1, 0.15) is 13.8 Å². The normalized spacial score (nSPS) is 12.8. The van der Waals surface area contributed by atoms with Crippen LogP contribution in [-0.4, -0.2) is 84.9 Å². The Hall–Kier alpha value is -1.29. The van der Waals surface area contributed by atoms with E-state index in [9.17, 15) is 9.59 Å². The van der Waals surface area contributed by atoms with Crippen LogP contribution in [0.15, 0.2) is 23.6 Å². The van der Waals surface area contributed by atoms with Gasteiger partial charge in [0.05, 0.1) is 12.7 Å². The molecular formula is C16H32BN2O7P. The van der Waals surface area contributed by atoms with Gasteiger partial charge in [0.2, 0.25) is 12.3 Å². The zero-order valence-electron chi connectivity index (χ0n) is 17.2. The van der Waals surface area contributed by atoms with Crippen molar-refractivity contribution in [2.45, 2.75) is 20.0 Å². The molecule has 0 bridgehead atoms. The van der Waals surface area contributed by atoms with E-state index in [1.165, 1.54) is 51.4 Å². The quantitative estimate of drug-likeness (QED) is 0.173. The fourth-order valence-electron chi connectivity index (χ4n) is 1.22. The second-order valence-electron chi connectivity index (χ2n) is 4.26. The van der Waals surface area contributed by atoms with Crippen LogP contribution >= 0.6 is 8.38 Å². The molecule has 27 heavy (non-hydrogen) atoms. The molecule has 2 N–H and O–H groups in total. The Labute approximate surface area is 165 Å². The zero-order valence-corrected chi connectivity index (χ0v) is 18.1. The minimum absolute atomic E-state index is 0.136. The fraction of sp³-hybridized carbons (Fsp3) is 0.625. The molecule has 2 unspecified atom stereocenters. The summed E-state index contributed by atoms with van der Waals surface area (Å²) in [7, 11) is 11.5. The Bertz CT molecular complexity index is 426. The van der Waals surface area contributed by atoms with Crippen molar-refractivity contribution in [2.24, 2.45) is 0 Å². The molecule has 0 aromatic heterocycles. The van der Waals surface area contributed by atoms with Gasteiger partial charge in [0.1, 0.15) is 14.6 Å². The highest BCUT2D eigenvalue weighted by Crippen LogP contribution is 2.33. The van der Waals surface area contributed by atoms with E-state index in [2.05, 4.69) is 14.6 Å². The van der Waals surface area contributed by atoms with Crippen LogP contribution in [0.3, 0.4) is 0 Å². The largest absolute Gasteiger partial charge is 0.382 e. The van der Waals surface area contributed by atoms with Crippen LogP contribution in [0.2, 0.25) is 0 Å². The van der Waals surface area contributed by atoms with Gasteiger partial charge < -0.3 is 28.9 Å². The molecule has 2 radical (unpaired) electrons. The van der Waals surface area contributed by atoms with Gasteiger partial charge in [-0.15, -0.1) is 0 Å². The summed E-state index contributed by atoms with van der Waals surface area (Å²) < 4.78 is 19.2. The van der Waals surface area contributed by atoms with Crippen LogP contribution in [0.5, 0.6) is 0 Å². The van der Waals surface area contributed by atoms with Crippen molar-refractivity contribution in [1.29, 1.82) is 0 Å². The number of nitrogens with zero attached hydrogens (tertiary/aromatic N) is 1. The van der Waals surface area contributed by atoms with E-state index >= 15 is 0 Å². The maximum Gasteiger partial charge on any atom is 0.245 e. The first-order valence-corrected chi connectivity index (χ1v) is 9.29. The summed E-state index contributed by atoms with van der Waals surface area (Å²) in [4.78, 5) is 31.2. The Morgan fingerprint density at radius 1 is 1.26 bits per heavy atom. The molecule has 0 spiro atoms. The molecule has 0 rings (SSSR count). The highest BCUT2D eigenvalue weighted by Gasteiger charge is 2.10. The van der Waals surface area contributed by atoms with Crippen LogP contribution < -0.4 is 5.32 Å². The van der Waals surface area contributed by atoms with Gasteiger partial charge in [-0.1, -0.05) is 19.3 Å². The first-order valence-electron chi connectivity index (χ1n) is 8.01. The predicted octanol–water partition coefficient (Wildman–Crippen LogP) is 0.943. The molecular weight excluding hydrogens is 374 g/mol. The maximum atomic E-state index is 10.7. The van der Waals surface area contributed by atoms with Gasteiger partial charge in [-0.3, -0.25) is 14.5 Å². The number of ether oxygens (including phenoxy) is 3. The molecule has 0 aromatic carbocycles. The highest BCUT2D eigenvalue weighted by molar-refractivity contribution is 7.49. The van der Waals surface area contributed by atoms with E-state index in [4.69, 9.17) is 22.2 Å². The minimum atomic E-state index is -1.59. The third kappa shape index (κ3) is 19.3. The number of carbonyl (C=O) groups excluding carboxylic acids is 2. The lowest BCUT2D eigenvalue weighted by Gasteiger charge is -2.16. The first kappa shape index (κ1) is 30.4. The van der Waals surface area contributed by atoms with Crippen LogP contribution in [-0.2, 0) is 28.3 Å². The molecule has 0 heterocycles. The Kier molecular flexibility index (Phi) is 25.7. The molecule has 11 heteroatoms. The summed E-state index contributed by atoms with van der Waals surface area (Å²) in [6.07, 6.45) is 2.82. The number of likely N-dealkylation sites (N-methyl/N-ethyl adjacent to an activating group) is 1. The van der Waals surface area contributed by atoms with Crippen molar-refractivity contribution in [3.05, 3.63) is 23.6 Å². The van der Waals surface area contributed by atoms with E-state index < -0.39 is 8.38 Å². The average molecular weight is 406 g/mol. The minimum Gasteiger partial charge on any atom is -0.382 e. The lowest BCUT2D eigenvalue weighted by molar-refractivity contribution is -0.119. The van der Waals surface area contributed by atoms with E-state index in [0.717, 1.165) is 0 Å². The van der Waals surface area contributed by atoms with Crippen molar-refractivity contribution in [1.82, 2.24) is 10.2 Å². The smallest absolute Gasteiger partial charge is 0.245 e. The Morgan fingerprint density at radius 2 is 1.85 bits per heavy atom.